The summed E-state index contributed by atoms with van der Waals surface area (Å²) in [5, 5.41) is 6.17. The van der Waals surface area contributed by atoms with Crippen LogP contribution in [-0.2, 0) is 16.7 Å². The van der Waals surface area contributed by atoms with Gasteiger partial charge in [0.2, 0.25) is 11.8 Å². The standard InChI is InChI=1S/C16H18F3N3O3S/c1-3-6-24-13-5-4-11(16(17,18)19)7-12(13)21-15(23)9-26-8-14-20-10(2)25-22-14/h4-5,7H,3,6,8-9H2,1-2H3,(H,21,23). The fourth-order valence-corrected chi connectivity index (χ4v) is 2.62. The van der Waals surface area contributed by atoms with E-state index >= 15 is 0 Å². The van der Waals surface area contributed by atoms with E-state index in [0.717, 1.165) is 12.1 Å². The number of carbonyl (C=O) groups is 1. The quantitative estimate of drug-likeness (QED) is 0.734. The number of thioether (sulfide) groups is 1. The van der Waals surface area contributed by atoms with E-state index in [2.05, 4.69) is 15.5 Å². The van der Waals surface area contributed by atoms with Gasteiger partial charge in [-0.25, -0.2) is 0 Å². The number of hydrogen-bond donors (Lipinski definition) is 1. The van der Waals surface area contributed by atoms with Crippen molar-refractivity contribution >= 4 is 23.4 Å². The Balaban J connectivity index is 2.01. The van der Waals surface area contributed by atoms with Crippen molar-refractivity contribution in [1.29, 1.82) is 0 Å². The molecule has 0 aliphatic carbocycles. The van der Waals surface area contributed by atoms with E-state index in [1.165, 1.54) is 17.8 Å². The number of aryl methyl sites for hydroxylation is 1. The number of rotatable bonds is 8. The molecule has 1 aromatic heterocycles. The van der Waals surface area contributed by atoms with Crippen LogP contribution in [0.4, 0.5) is 18.9 Å². The summed E-state index contributed by atoms with van der Waals surface area (Å²) in [4.78, 5) is 16.1. The minimum atomic E-state index is -4.51. The molecule has 6 nitrogen and oxygen atoms in total. The van der Waals surface area contributed by atoms with Gasteiger partial charge in [-0.3, -0.25) is 4.79 Å². The molecule has 0 spiro atoms. The molecule has 0 bridgehead atoms. The van der Waals surface area contributed by atoms with Gasteiger partial charge in [0.1, 0.15) is 5.75 Å². The zero-order valence-electron chi connectivity index (χ0n) is 14.2. The van der Waals surface area contributed by atoms with Crippen LogP contribution >= 0.6 is 11.8 Å². The maximum absolute atomic E-state index is 12.9. The van der Waals surface area contributed by atoms with Crippen molar-refractivity contribution in [3.63, 3.8) is 0 Å². The topological polar surface area (TPSA) is 77.2 Å². The highest BCUT2D eigenvalue weighted by Gasteiger charge is 2.31. The molecule has 0 unspecified atom stereocenters. The number of aromatic nitrogens is 2. The third kappa shape index (κ3) is 5.94. The van der Waals surface area contributed by atoms with Crippen LogP contribution in [0.5, 0.6) is 5.75 Å². The summed E-state index contributed by atoms with van der Waals surface area (Å²) in [5.41, 5.74) is -0.860. The molecular weight excluding hydrogens is 371 g/mol. The second-order valence-corrected chi connectivity index (χ2v) is 6.31. The first-order valence-electron chi connectivity index (χ1n) is 7.80. The molecule has 0 saturated carbocycles. The Labute approximate surface area is 152 Å². The summed E-state index contributed by atoms with van der Waals surface area (Å²) in [6, 6.07) is 3.01. The van der Waals surface area contributed by atoms with Crippen molar-refractivity contribution < 1.29 is 27.2 Å². The van der Waals surface area contributed by atoms with Crippen molar-refractivity contribution in [3.8, 4) is 5.75 Å². The maximum atomic E-state index is 12.9. The molecule has 0 fully saturated rings. The molecule has 0 atom stereocenters. The zero-order valence-corrected chi connectivity index (χ0v) is 15.0. The van der Waals surface area contributed by atoms with Crippen molar-refractivity contribution in [2.24, 2.45) is 0 Å². The first kappa shape index (κ1) is 20.1. The lowest BCUT2D eigenvalue weighted by Gasteiger charge is -2.15. The molecular formula is C16H18F3N3O3S. The van der Waals surface area contributed by atoms with E-state index in [0.29, 0.717) is 30.5 Å². The molecule has 2 rings (SSSR count). The van der Waals surface area contributed by atoms with Crippen LogP contribution in [-0.4, -0.2) is 28.4 Å². The molecule has 1 N–H and O–H groups in total. The number of alkyl halides is 3. The van der Waals surface area contributed by atoms with Gasteiger partial charge in [0.15, 0.2) is 5.82 Å². The van der Waals surface area contributed by atoms with Crippen LogP contribution in [0.15, 0.2) is 22.7 Å². The predicted octanol–water partition coefficient (Wildman–Crippen LogP) is 4.06. The van der Waals surface area contributed by atoms with Gasteiger partial charge in [-0.1, -0.05) is 12.1 Å². The summed E-state index contributed by atoms with van der Waals surface area (Å²) < 4.78 is 48.9. The second kappa shape index (κ2) is 8.93. The zero-order chi connectivity index (χ0) is 19.2. The SMILES string of the molecule is CCCOc1ccc(C(F)(F)F)cc1NC(=O)CSCc1noc(C)n1. The summed E-state index contributed by atoms with van der Waals surface area (Å²) in [6.45, 7) is 3.86. The van der Waals surface area contributed by atoms with Gasteiger partial charge in [0, 0.05) is 6.92 Å². The van der Waals surface area contributed by atoms with E-state index in [-0.39, 0.29) is 17.2 Å². The average Bonchev–Trinajstić information content (AvgIpc) is 2.98. The smallest absolute Gasteiger partial charge is 0.416 e. The average molecular weight is 389 g/mol. The number of ether oxygens (including phenoxy) is 1. The molecule has 1 amide bonds. The molecule has 142 valence electrons. The van der Waals surface area contributed by atoms with E-state index in [1.54, 1.807) is 6.92 Å². The fourth-order valence-electron chi connectivity index (χ4n) is 1.96. The molecule has 2 aromatic rings. The second-order valence-electron chi connectivity index (χ2n) is 5.33. The number of anilines is 1. The Bertz CT molecular complexity index is 750. The summed E-state index contributed by atoms with van der Waals surface area (Å²) in [7, 11) is 0. The lowest BCUT2D eigenvalue weighted by molar-refractivity contribution is -0.137. The summed E-state index contributed by atoms with van der Waals surface area (Å²) in [6.07, 6.45) is -3.82. The van der Waals surface area contributed by atoms with Crippen LogP contribution in [0.3, 0.4) is 0 Å². The van der Waals surface area contributed by atoms with Crippen molar-refractivity contribution in [2.75, 3.05) is 17.7 Å². The van der Waals surface area contributed by atoms with Crippen LogP contribution in [0.25, 0.3) is 0 Å². The van der Waals surface area contributed by atoms with E-state index < -0.39 is 17.6 Å². The number of nitrogens with zero attached hydrogens (tertiary/aromatic N) is 2. The van der Waals surface area contributed by atoms with E-state index in [9.17, 15) is 18.0 Å². The van der Waals surface area contributed by atoms with Crippen molar-refractivity contribution in [1.82, 2.24) is 10.1 Å². The lowest BCUT2D eigenvalue weighted by atomic mass is 10.1. The normalized spacial score (nSPS) is 11.4. The number of hydrogen-bond acceptors (Lipinski definition) is 6. The maximum Gasteiger partial charge on any atom is 0.416 e. The molecule has 0 aliphatic rings. The molecule has 10 heteroatoms. The van der Waals surface area contributed by atoms with E-state index in [1.807, 2.05) is 6.92 Å². The minimum Gasteiger partial charge on any atom is -0.491 e. The number of amides is 1. The van der Waals surface area contributed by atoms with Crippen molar-refractivity contribution in [2.45, 2.75) is 32.2 Å². The third-order valence-electron chi connectivity index (χ3n) is 3.08. The Morgan fingerprint density at radius 1 is 1.38 bits per heavy atom. The van der Waals surface area contributed by atoms with Gasteiger partial charge in [-0.2, -0.15) is 18.2 Å². The Morgan fingerprint density at radius 3 is 2.77 bits per heavy atom. The Morgan fingerprint density at radius 2 is 2.15 bits per heavy atom. The molecule has 1 aromatic carbocycles. The Kier molecular flexibility index (Phi) is 6.90. The number of benzene rings is 1. The predicted molar refractivity (Wildman–Crippen MR) is 91.1 cm³/mol. The Hall–Kier alpha value is -2.23. The molecule has 26 heavy (non-hydrogen) atoms. The highest BCUT2D eigenvalue weighted by molar-refractivity contribution is 7.99. The third-order valence-corrected chi connectivity index (χ3v) is 4.01. The van der Waals surface area contributed by atoms with Gasteiger partial charge in [-0.05, 0) is 24.6 Å². The number of nitrogens with one attached hydrogen (secondary N) is 1. The highest BCUT2D eigenvalue weighted by atomic mass is 32.2. The van der Waals surface area contributed by atoms with Gasteiger partial charge in [-0.15, -0.1) is 11.8 Å². The lowest BCUT2D eigenvalue weighted by Crippen LogP contribution is -2.16. The van der Waals surface area contributed by atoms with Gasteiger partial charge in [0.25, 0.3) is 0 Å². The van der Waals surface area contributed by atoms with E-state index in [4.69, 9.17) is 9.26 Å². The fraction of sp³-hybridized carbons (Fsp3) is 0.438. The van der Waals surface area contributed by atoms with Crippen LogP contribution < -0.4 is 10.1 Å². The van der Waals surface area contributed by atoms with Crippen molar-refractivity contribution in [3.05, 3.63) is 35.5 Å². The molecule has 0 aliphatic heterocycles. The molecule has 1 heterocycles. The summed E-state index contributed by atoms with van der Waals surface area (Å²) in [5.74, 6) is 1.00. The first-order valence-corrected chi connectivity index (χ1v) is 8.96. The number of halogens is 3. The first-order chi connectivity index (χ1) is 12.3. The monoisotopic (exact) mass is 389 g/mol. The summed E-state index contributed by atoms with van der Waals surface area (Å²) >= 11 is 1.22. The molecule has 0 saturated heterocycles. The van der Waals surface area contributed by atoms with Crippen LogP contribution in [0.1, 0.15) is 30.6 Å². The van der Waals surface area contributed by atoms with Gasteiger partial charge >= 0.3 is 6.18 Å². The minimum absolute atomic E-state index is 0.00530. The van der Waals surface area contributed by atoms with Crippen LogP contribution in [0.2, 0.25) is 0 Å². The van der Waals surface area contributed by atoms with Crippen LogP contribution in [0, 0.1) is 6.92 Å². The van der Waals surface area contributed by atoms with Gasteiger partial charge in [0.05, 0.1) is 29.4 Å². The number of carbonyl (C=O) groups excluding carboxylic acids is 1. The van der Waals surface area contributed by atoms with Gasteiger partial charge < -0.3 is 14.6 Å². The molecule has 0 radical (unpaired) electrons. The highest BCUT2D eigenvalue weighted by Crippen LogP contribution is 2.35. The largest absolute Gasteiger partial charge is 0.491 e.